The van der Waals surface area contributed by atoms with E-state index in [-0.39, 0.29) is 5.91 Å². The van der Waals surface area contributed by atoms with E-state index in [1.807, 2.05) is 18.2 Å². The Morgan fingerprint density at radius 3 is 2.86 bits per heavy atom. The minimum atomic E-state index is -0.0465. The monoisotopic (exact) mass is 401 g/mol. The molecule has 0 aromatic heterocycles. The maximum atomic E-state index is 11.8. The van der Waals surface area contributed by atoms with Gasteiger partial charge in [0, 0.05) is 31.7 Å². The molecule has 3 N–H and O–H groups in total. The van der Waals surface area contributed by atoms with Crippen molar-refractivity contribution < 1.29 is 4.79 Å². The van der Waals surface area contributed by atoms with Gasteiger partial charge in [0.05, 0.1) is 6.54 Å². The molecule has 0 radical (unpaired) electrons. The summed E-state index contributed by atoms with van der Waals surface area (Å²) in [4.78, 5) is 19.3. The van der Waals surface area contributed by atoms with Crippen LogP contribution in [0.4, 0.5) is 0 Å². The molecule has 0 saturated carbocycles. The Hall–Kier alpha value is -2.08. The third-order valence-electron chi connectivity index (χ3n) is 5.47. The van der Waals surface area contributed by atoms with Crippen LogP contribution in [0.3, 0.4) is 0 Å². The van der Waals surface area contributed by atoms with Gasteiger partial charge in [-0.25, -0.2) is 0 Å². The zero-order valence-electron chi connectivity index (χ0n) is 18.5. The van der Waals surface area contributed by atoms with Crippen LogP contribution in [0.15, 0.2) is 29.3 Å². The maximum absolute atomic E-state index is 11.8. The molecule has 1 aromatic rings. The van der Waals surface area contributed by atoms with Crippen molar-refractivity contribution in [2.45, 2.75) is 58.4 Å². The number of benzene rings is 1. The number of amides is 1. The summed E-state index contributed by atoms with van der Waals surface area (Å²) in [6, 6.07) is 8.36. The average Bonchev–Trinajstić information content (AvgIpc) is 2.76. The molecule has 1 unspecified atom stereocenters. The van der Waals surface area contributed by atoms with Crippen molar-refractivity contribution in [2.75, 3.05) is 39.8 Å². The molecule has 1 aliphatic heterocycles. The summed E-state index contributed by atoms with van der Waals surface area (Å²) in [5.74, 6) is 0.839. The molecule has 1 fully saturated rings. The second-order valence-corrected chi connectivity index (χ2v) is 7.72. The molecule has 1 aliphatic rings. The molecule has 1 atom stereocenters. The number of nitrogens with one attached hydrogen (secondary N) is 3. The number of carbonyl (C=O) groups excluding carboxylic acids is 1. The molecular formula is C23H39N5O. The lowest BCUT2D eigenvalue weighted by Gasteiger charge is -2.35. The number of piperidine rings is 1. The van der Waals surface area contributed by atoms with Gasteiger partial charge in [-0.05, 0) is 63.4 Å². The van der Waals surface area contributed by atoms with Crippen LogP contribution < -0.4 is 16.0 Å². The fourth-order valence-corrected chi connectivity index (χ4v) is 3.80. The molecule has 0 spiro atoms. The van der Waals surface area contributed by atoms with E-state index in [1.165, 1.54) is 45.2 Å². The SMILES string of the molecule is CCCCN1CCCCC1CN=C(NCC)NCCc1cccc(C(=O)NC)c1. The molecule has 2 rings (SSSR count). The first-order valence-electron chi connectivity index (χ1n) is 11.2. The molecule has 162 valence electrons. The molecule has 0 bridgehead atoms. The van der Waals surface area contributed by atoms with Gasteiger partial charge in [-0.1, -0.05) is 31.9 Å². The predicted molar refractivity (Wildman–Crippen MR) is 122 cm³/mol. The first-order chi connectivity index (χ1) is 14.2. The summed E-state index contributed by atoms with van der Waals surface area (Å²) in [5, 5.41) is 9.49. The largest absolute Gasteiger partial charge is 0.357 e. The summed E-state index contributed by atoms with van der Waals surface area (Å²) in [5.41, 5.74) is 1.85. The maximum Gasteiger partial charge on any atom is 0.251 e. The standard InChI is InChI=1S/C23H39N5O/c1-4-6-15-28-16-8-7-12-21(28)18-27-23(25-5-2)26-14-13-19-10-9-11-20(17-19)22(29)24-3/h9-11,17,21H,4-8,12-16,18H2,1-3H3,(H,24,29)(H2,25,26,27). The Bertz CT molecular complexity index is 646. The molecule has 6 heteroatoms. The lowest BCUT2D eigenvalue weighted by molar-refractivity contribution is 0.0963. The molecule has 29 heavy (non-hydrogen) atoms. The number of aliphatic imine (C=N–C) groups is 1. The van der Waals surface area contributed by atoms with Crippen molar-refractivity contribution in [3.63, 3.8) is 0 Å². The Balaban J connectivity index is 1.87. The molecule has 6 nitrogen and oxygen atoms in total. The Kier molecular flexibility index (Phi) is 10.6. The van der Waals surface area contributed by atoms with Gasteiger partial charge in [-0.3, -0.25) is 14.7 Å². The van der Waals surface area contributed by atoms with Crippen LogP contribution in [0, 0.1) is 0 Å². The number of rotatable bonds is 10. The van der Waals surface area contributed by atoms with Gasteiger partial charge in [0.25, 0.3) is 5.91 Å². The Morgan fingerprint density at radius 2 is 2.10 bits per heavy atom. The number of nitrogens with zero attached hydrogens (tertiary/aromatic N) is 2. The first-order valence-corrected chi connectivity index (χ1v) is 11.2. The topological polar surface area (TPSA) is 68.8 Å². The van der Waals surface area contributed by atoms with Crippen molar-refractivity contribution in [1.82, 2.24) is 20.9 Å². The summed E-state index contributed by atoms with van der Waals surface area (Å²) < 4.78 is 0. The average molecular weight is 402 g/mol. The summed E-state index contributed by atoms with van der Waals surface area (Å²) in [7, 11) is 1.66. The lowest BCUT2D eigenvalue weighted by atomic mass is 10.0. The van der Waals surface area contributed by atoms with E-state index in [9.17, 15) is 4.79 Å². The van der Waals surface area contributed by atoms with Crippen LogP contribution in [0.1, 0.15) is 61.9 Å². The van der Waals surface area contributed by atoms with Crippen LogP contribution in [0.5, 0.6) is 0 Å². The normalized spacial score (nSPS) is 17.8. The number of guanidine groups is 1. The van der Waals surface area contributed by atoms with Crippen LogP contribution in [-0.2, 0) is 6.42 Å². The number of hydrogen-bond acceptors (Lipinski definition) is 3. The van der Waals surface area contributed by atoms with Crippen molar-refractivity contribution in [2.24, 2.45) is 4.99 Å². The van der Waals surface area contributed by atoms with Crippen molar-refractivity contribution in [3.05, 3.63) is 35.4 Å². The van der Waals surface area contributed by atoms with Gasteiger partial charge in [-0.2, -0.15) is 0 Å². The molecule has 1 aromatic carbocycles. The molecule has 1 saturated heterocycles. The molecule has 1 amide bonds. The molecule has 0 aliphatic carbocycles. The summed E-state index contributed by atoms with van der Waals surface area (Å²) in [6.07, 6.45) is 7.25. The van der Waals surface area contributed by atoms with Gasteiger partial charge in [-0.15, -0.1) is 0 Å². The summed E-state index contributed by atoms with van der Waals surface area (Å²) in [6.45, 7) is 9.25. The molecule has 1 heterocycles. The highest BCUT2D eigenvalue weighted by atomic mass is 16.1. The van der Waals surface area contributed by atoms with E-state index in [4.69, 9.17) is 4.99 Å². The minimum absolute atomic E-state index is 0.0465. The van der Waals surface area contributed by atoms with Gasteiger partial charge in [0.15, 0.2) is 5.96 Å². The minimum Gasteiger partial charge on any atom is -0.357 e. The Labute approximate surface area is 176 Å². The first kappa shape index (κ1) is 23.2. The number of unbranched alkanes of at least 4 members (excludes halogenated alkanes) is 1. The second-order valence-electron chi connectivity index (χ2n) is 7.72. The van der Waals surface area contributed by atoms with E-state index in [0.717, 1.165) is 37.6 Å². The smallest absolute Gasteiger partial charge is 0.251 e. The van der Waals surface area contributed by atoms with Gasteiger partial charge >= 0.3 is 0 Å². The van der Waals surface area contributed by atoms with Crippen molar-refractivity contribution in [1.29, 1.82) is 0 Å². The quantitative estimate of drug-likeness (QED) is 0.417. The number of hydrogen-bond donors (Lipinski definition) is 3. The number of likely N-dealkylation sites (tertiary alicyclic amines) is 1. The van der Waals surface area contributed by atoms with Crippen molar-refractivity contribution >= 4 is 11.9 Å². The highest BCUT2D eigenvalue weighted by Gasteiger charge is 2.21. The number of carbonyl (C=O) groups is 1. The van der Waals surface area contributed by atoms with E-state index in [0.29, 0.717) is 11.6 Å². The van der Waals surface area contributed by atoms with Crippen molar-refractivity contribution in [3.8, 4) is 0 Å². The van der Waals surface area contributed by atoms with Gasteiger partial charge in [0.2, 0.25) is 0 Å². The van der Waals surface area contributed by atoms with Gasteiger partial charge < -0.3 is 16.0 Å². The highest BCUT2D eigenvalue weighted by Crippen LogP contribution is 2.17. The predicted octanol–water partition coefficient (Wildman–Crippen LogP) is 2.80. The fourth-order valence-electron chi connectivity index (χ4n) is 3.80. The van der Waals surface area contributed by atoms with E-state index in [1.54, 1.807) is 7.05 Å². The fraction of sp³-hybridized carbons (Fsp3) is 0.652. The zero-order valence-corrected chi connectivity index (χ0v) is 18.5. The van der Waals surface area contributed by atoms with E-state index in [2.05, 4.69) is 40.8 Å². The second kappa shape index (κ2) is 13.2. The van der Waals surface area contributed by atoms with Crippen LogP contribution >= 0.6 is 0 Å². The van der Waals surface area contributed by atoms with Crippen LogP contribution in [-0.4, -0.2) is 62.6 Å². The van der Waals surface area contributed by atoms with E-state index >= 15 is 0 Å². The highest BCUT2D eigenvalue weighted by molar-refractivity contribution is 5.94. The van der Waals surface area contributed by atoms with Gasteiger partial charge in [0.1, 0.15) is 0 Å². The third kappa shape index (κ3) is 8.05. The molecular weight excluding hydrogens is 362 g/mol. The third-order valence-corrected chi connectivity index (χ3v) is 5.47. The van der Waals surface area contributed by atoms with Crippen LogP contribution in [0.25, 0.3) is 0 Å². The Morgan fingerprint density at radius 1 is 1.24 bits per heavy atom. The summed E-state index contributed by atoms with van der Waals surface area (Å²) >= 11 is 0. The van der Waals surface area contributed by atoms with Crippen LogP contribution in [0.2, 0.25) is 0 Å². The van der Waals surface area contributed by atoms with E-state index < -0.39 is 0 Å². The zero-order chi connectivity index (χ0) is 20.9. The lowest BCUT2D eigenvalue weighted by Crippen LogP contribution is -2.44.